The molecule has 3 amide bonds. The molecule has 6 rings (SSSR count). The van der Waals surface area contributed by atoms with Gasteiger partial charge in [0.25, 0.3) is 11.5 Å². The van der Waals surface area contributed by atoms with E-state index in [9.17, 15) is 23.6 Å². The van der Waals surface area contributed by atoms with Crippen molar-refractivity contribution >= 4 is 35.0 Å². The van der Waals surface area contributed by atoms with Crippen molar-refractivity contribution in [2.24, 2.45) is 13.0 Å². The van der Waals surface area contributed by atoms with Gasteiger partial charge in [-0.3, -0.25) is 24.5 Å². The van der Waals surface area contributed by atoms with Gasteiger partial charge in [-0.05, 0) is 80.3 Å². The summed E-state index contributed by atoms with van der Waals surface area (Å²) in [6, 6.07) is 13.0. The van der Waals surface area contributed by atoms with Gasteiger partial charge in [0.05, 0.1) is 17.8 Å². The number of hydrogen-bond donors (Lipinski definition) is 2. The molecule has 3 aromatic rings. The lowest BCUT2D eigenvalue weighted by molar-refractivity contribution is -0.134. The van der Waals surface area contributed by atoms with Crippen molar-refractivity contribution < 1.29 is 18.8 Å². The van der Waals surface area contributed by atoms with Crippen molar-refractivity contribution in [3.63, 3.8) is 0 Å². The summed E-state index contributed by atoms with van der Waals surface area (Å²) >= 11 is 6.29. The Morgan fingerprint density at radius 1 is 1.04 bits per heavy atom. The zero-order valence-electron chi connectivity index (χ0n) is 26.7. The maximum atomic E-state index is 15.0. The normalized spacial score (nSPS) is 22.6. The van der Waals surface area contributed by atoms with Crippen LogP contribution in [0.3, 0.4) is 0 Å². The molecule has 3 saturated heterocycles. The maximum Gasteiger partial charge on any atom is 0.287 e. The number of halogens is 2. The molecule has 1 aromatic heterocycles. The number of hydrogen-bond acceptors (Lipinski definition) is 7. The zero-order chi connectivity index (χ0) is 33.2. The summed E-state index contributed by atoms with van der Waals surface area (Å²) in [5, 5.41) is 9.93. The molecule has 3 aliphatic heterocycles. The summed E-state index contributed by atoms with van der Waals surface area (Å²) < 4.78 is 16.2. The third kappa shape index (κ3) is 7.41. The average Bonchev–Trinajstić information content (AvgIpc) is 3.05. The first-order valence-corrected chi connectivity index (χ1v) is 16.6. The number of piperidine rings is 3. The molecular weight excluding hydrogens is 623 g/mol. The Morgan fingerprint density at radius 2 is 1.79 bits per heavy atom. The number of aryl methyl sites for hydroxylation is 1. The van der Waals surface area contributed by atoms with E-state index in [0.717, 1.165) is 43.5 Å². The molecule has 0 aliphatic carbocycles. The molecular formula is C35H40ClFN6O4. The number of likely N-dealkylation sites (tertiary alicyclic amines) is 2. The summed E-state index contributed by atoms with van der Waals surface area (Å²) in [5.41, 5.74) is 3.22. The van der Waals surface area contributed by atoms with Crippen LogP contribution in [0, 0.1) is 11.7 Å². The van der Waals surface area contributed by atoms with Crippen LogP contribution in [0.15, 0.2) is 53.5 Å². The van der Waals surface area contributed by atoms with Gasteiger partial charge in [0.1, 0.15) is 10.8 Å². The number of amides is 3. The molecule has 2 N–H and O–H groups in total. The van der Waals surface area contributed by atoms with Crippen LogP contribution >= 0.6 is 11.6 Å². The Bertz CT molecular complexity index is 1720. The third-order valence-corrected chi connectivity index (χ3v) is 10.2. The standard InChI is InChI=1S/C35H40ClFN6O4/c1-41-19-25(17-26(20-41)39-30-18-38-42(2)35(47)32(30)36)23-4-6-24(7-5-23)34(46)43-13-11-21(12-14-43)15-22-3-8-27(29(37)16-22)28-9-10-31(44)40-33(28)45/h3-8,16,18,21,25-26,28,39H,9-15,17,19-20H2,1-2H3,(H,40,44,45)/t25-,26+,28?/m1/s1. The SMILES string of the molecule is CN1C[C@@H](Nc2cnn(C)c(=O)c2Cl)C[C@@H](c2ccc(C(=O)N3CCC(Cc4ccc(C5CCC(=O)NC5=O)c(F)c4)CC3)cc2)C1. The highest BCUT2D eigenvalue weighted by Crippen LogP contribution is 2.31. The van der Waals surface area contributed by atoms with Crippen LogP contribution in [-0.4, -0.2) is 76.6 Å². The number of rotatable bonds is 7. The number of nitrogens with one attached hydrogen (secondary N) is 2. The van der Waals surface area contributed by atoms with Crippen LogP contribution in [0.25, 0.3) is 0 Å². The lowest BCUT2D eigenvalue weighted by Gasteiger charge is -2.37. The van der Waals surface area contributed by atoms with Crippen LogP contribution in [0.1, 0.15) is 71.0 Å². The minimum atomic E-state index is -0.641. The maximum absolute atomic E-state index is 15.0. The molecule has 0 bridgehead atoms. The van der Waals surface area contributed by atoms with E-state index >= 15 is 0 Å². The first-order valence-electron chi connectivity index (χ1n) is 16.2. The van der Waals surface area contributed by atoms with Gasteiger partial charge in [-0.2, -0.15) is 5.10 Å². The van der Waals surface area contributed by atoms with Gasteiger partial charge in [0.15, 0.2) is 0 Å². The van der Waals surface area contributed by atoms with Gasteiger partial charge in [-0.25, -0.2) is 9.07 Å². The Labute approximate surface area is 278 Å². The Hall–Kier alpha value is -4.09. The van der Waals surface area contributed by atoms with Crippen LogP contribution in [0.4, 0.5) is 10.1 Å². The minimum Gasteiger partial charge on any atom is -0.378 e. The van der Waals surface area contributed by atoms with Crippen molar-refractivity contribution in [1.82, 2.24) is 24.9 Å². The summed E-state index contributed by atoms with van der Waals surface area (Å²) in [6.45, 7) is 2.97. The Balaban J connectivity index is 1.01. The first kappa shape index (κ1) is 32.8. The lowest BCUT2D eigenvalue weighted by atomic mass is 9.86. The molecule has 4 heterocycles. The van der Waals surface area contributed by atoms with Crippen LogP contribution in [0.2, 0.25) is 5.02 Å². The quantitative estimate of drug-likeness (QED) is 0.366. The van der Waals surface area contributed by atoms with Crippen LogP contribution < -0.4 is 16.2 Å². The van der Waals surface area contributed by atoms with Crippen LogP contribution in [0.5, 0.6) is 0 Å². The van der Waals surface area contributed by atoms with E-state index in [1.807, 2.05) is 35.2 Å². The number of carbonyl (C=O) groups is 3. The van der Waals surface area contributed by atoms with Crippen molar-refractivity contribution in [3.05, 3.63) is 92.1 Å². The zero-order valence-corrected chi connectivity index (χ0v) is 27.4. The third-order valence-electron chi connectivity index (χ3n) is 9.81. The van der Waals surface area contributed by atoms with Crippen molar-refractivity contribution in [3.8, 4) is 0 Å². The van der Waals surface area contributed by atoms with Gasteiger partial charge in [0.2, 0.25) is 11.8 Å². The smallest absolute Gasteiger partial charge is 0.287 e. The highest BCUT2D eigenvalue weighted by atomic mass is 35.5. The number of carbonyl (C=O) groups excluding carboxylic acids is 3. The fourth-order valence-corrected chi connectivity index (χ4v) is 7.45. The second-order valence-corrected chi connectivity index (χ2v) is 13.6. The second-order valence-electron chi connectivity index (χ2n) is 13.2. The fraction of sp³-hybridized carbons (Fsp3) is 0.457. The van der Waals surface area contributed by atoms with Crippen molar-refractivity contribution in [1.29, 1.82) is 0 Å². The fourth-order valence-electron chi connectivity index (χ4n) is 7.22. The summed E-state index contributed by atoms with van der Waals surface area (Å²) in [4.78, 5) is 53.4. The highest BCUT2D eigenvalue weighted by molar-refractivity contribution is 6.32. The predicted octanol–water partition coefficient (Wildman–Crippen LogP) is 4.09. The number of imide groups is 1. The first-order chi connectivity index (χ1) is 22.5. The molecule has 1 unspecified atom stereocenters. The van der Waals surface area contributed by atoms with Gasteiger partial charge in [0, 0.05) is 56.8 Å². The van der Waals surface area contributed by atoms with E-state index < -0.39 is 17.6 Å². The topological polar surface area (TPSA) is 117 Å². The molecule has 0 spiro atoms. The molecule has 47 heavy (non-hydrogen) atoms. The number of likely N-dealkylation sites (N-methyl/N-ethyl adjacent to an activating group) is 1. The van der Waals surface area contributed by atoms with Gasteiger partial charge < -0.3 is 15.1 Å². The molecule has 3 fully saturated rings. The molecule has 0 saturated carbocycles. The summed E-state index contributed by atoms with van der Waals surface area (Å²) in [6.07, 6.45) is 5.33. The van der Waals surface area contributed by atoms with Gasteiger partial charge in [-0.1, -0.05) is 35.9 Å². The van der Waals surface area contributed by atoms with E-state index in [1.165, 1.54) is 10.7 Å². The van der Waals surface area contributed by atoms with E-state index in [-0.39, 0.29) is 40.8 Å². The number of nitrogens with zero attached hydrogens (tertiary/aromatic N) is 4. The van der Waals surface area contributed by atoms with Crippen LogP contribution in [-0.2, 0) is 23.1 Å². The molecule has 0 radical (unpaired) electrons. The second kappa shape index (κ2) is 13.9. The summed E-state index contributed by atoms with van der Waals surface area (Å²) in [5.74, 6) is -1.22. The van der Waals surface area contributed by atoms with Crippen molar-refractivity contribution in [2.75, 3.05) is 38.5 Å². The molecule has 2 aromatic carbocycles. The molecule has 3 aliphatic rings. The molecule has 248 valence electrons. The number of aromatic nitrogens is 2. The highest BCUT2D eigenvalue weighted by Gasteiger charge is 2.31. The molecule has 3 atom stereocenters. The Kier molecular flexibility index (Phi) is 9.75. The molecule has 12 heteroatoms. The number of anilines is 1. The Morgan fingerprint density at radius 3 is 2.49 bits per heavy atom. The average molecular weight is 663 g/mol. The predicted molar refractivity (Wildman–Crippen MR) is 177 cm³/mol. The largest absolute Gasteiger partial charge is 0.378 e. The number of benzene rings is 2. The lowest BCUT2D eigenvalue weighted by Crippen LogP contribution is -2.43. The monoisotopic (exact) mass is 662 g/mol. The van der Waals surface area contributed by atoms with E-state index in [1.54, 1.807) is 19.3 Å². The van der Waals surface area contributed by atoms with E-state index in [0.29, 0.717) is 48.7 Å². The van der Waals surface area contributed by atoms with E-state index in [4.69, 9.17) is 11.6 Å². The summed E-state index contributed by atoms with van der Waals surface area (Å²) in [7, 11) is 3.64. The molecule has 10 nitrogen and oxygen atoms in total. The van der Waals surface area contributed by atoms with E-state index in [2.05, 4.69) is 27.7 Å². The minimum absolute atomic E-state index is 0.0164. The van der Waals surface area contributed by atoms with Gasteiger partial charge >= 0.3 is 0 Å². The van der Waals surface area contributed by atoms with Gasteiger partial charge in [-0.15, -0.1) is 0 Å². The van der Waals surface area contributed by atoms with Crippen molar-refractivity contribution in [2.45, 2.75) is 56.4 Å².